The molecule has 5 aromatic carbocycles. The van der Waals surface area contributed by atoms with E-state index >= 15 is 0 Å². The molecule has 2 N–H and O–H groups in total. The third-order valence-corrected chi connectivity index (χ3v) is 9.09. The van der Waals surface area contributed by atoms with Crippen LogP contribution in [0.25, 0.3) is 72.3 Å². The van der Waals surface area contributed by atoms with Gasteiger partial charge in [-0.3, -0.25) is 4.57 Å². The van der Waals surface area contributed by atoms with E-state index in [1.54, 1.807) is 6.07 Å². The molecule has 0 aliphatic rings. The molecule has 0 saturated carbocycles. The van der Waals surface area contributed by atoms with Crippen molar-refractivity contribution in [3.8, 4) is 45.2 Å². The van der Waals surface area contributed by atoms with Crippen LogP contribution in [0.3, 0.4) is 0 Å². The van der Waals surface area contributed by atoms with Gasteiger partial charge >= 0.3 is 0 Å². The molecule has 3 aromatic heterocycles. The number of aryl methyl sites for hydroxylation is 2. The Morgan fingerprint density at radius 1 is 0.681 bits per heavy atom. The van der Waals surface area contributed by atoms with E-state index in [4.69, 9.17) is 9.97 Å². The van der Waals surface area contributed by atoms with Crippen LogP contribution in [0.15, 0.2) is 115 Å². The molecule has 0 radical (unpaired) electrons. The van der Waals surface area contributed by atoms with Gasteiger partial charge in [-0.25, -0.2) is 9.97 Å². The van der Waals surface area contributed by atoms with Crippen LogP contribution in [0.5, 0.6) is 5.75 Å². The molecule has 47 heavy (non-hydrogen) atoms. The molecule has 0 bridgehead atoms. The van der Waals surface area contributed by atoms with Crippen LogP contribution in [-0.4, -0.2) is 24.6 Å². The standard InChI is InChI=1S/C42H36N4O/c1-25-19-26(2)21-28(20-25)33-24-35(44-40-31(33)13-10-16-37(40)47)32-14-9-15-36-39(32)45-41(46(36)30-11-7-6-8-12-30)34-23-29(42(3,4)5)22-27-17-18-43-38(27)34/h6-24,43,47H,1-5H3. The topological polar surface area (TPSA) is 66.7 Å². The number of imidazole rings is 1. The highest BCUT2D eigenvalue weighted by molar-refractivity contribution is 6.03. The fourth-order valence-corrected chi connectivity index (χ4v) is 6.85. The van der Waals surface area contributed by atoms with Gasteiger partial charge in [0.15, 0.2) is 0 Å². The Balaban J connectivity index is 1.46. The van der Waals surface area contributed by atoms with Crippen molar-refractivity contribution >= 4 is 32.8 Å². The van der Waals surface area contributed by atoms with E-state index in [1.165, 1.54) is 16.7 Å². The molecule has 8 rings (SSSR count). The van der Waals surface area contributed by atoms with E-state index < -0.39 is 0 Å². The lowest BCUT2D eigenvalue weighted by Crippen LogP contribution is -2.11. The summed E-state index contributed by atoms with van der Waals surface area (Å²) in [6, 6.07) is 37.7. The first-order valence-corrected chi connectivity index (χ1v) is 16.1. The van der Waals surface area contributed by atoms with Gasteiger partial charge in [-0.1, -0.05) is 92.6 Å². The monoisotopic (exact) mass is 612 g/mol. The zero-order valence-corrected chi connectivity index (χ0v) is 27.3. The molecule has 0 fully saturated rings. The minimum absolute atomic E-state index is 0.0451. The van der Waals surface area contributed by atoms with E-state index in [2.05, 4.69) is 129 Å². The number of pyridine rings is 1. The SMILES string of the molecule is Cc1cc(C)cc(-c2cc(-c3cccc4c3nc(-c3cc(C(C)(C)C)cc5cc[nH]c35)n4-c3ccccc3)nc3c(O)cccc23)c1. The van der Waals surface area contributed by atoms with Crippen LogP contribution in [0.4, 0.5) is 0 Å². The lowest BCUT2D eigenvalue weighted by Gasteiger charge is -2.21. The van der Waals surface area contributed by atoms with E-state index in [-0.39, 0.29) is 11.2 Å². The largest absolute Gasteiger partial charge is 0.506 e. The molecule has 0 unspecified atom stereocenters. The van der Waals surface area contributed by atoms with Crippen molar-refractivity contribution in [1.29, 1.82) is 0 Å². The second kappa shape index (κ2) is 10.7. The number of hydrogen-bond acceptors (Lipinski definition) is 3. The quantitative estimate of drug-likeness (QED) is 0.208. The first kappa shape index (κ1) is 28.8. The van der Waals surface area contributed by atoms with Crippen LogP contribution in [-0.2, 0) is 5.41 Å². The number of nitrogens with one attached hydrogen (secondary N) is 1. The summed E-state index contributed by atoms with van der Waals surface area (Å²) in [5.74, 6) is 1.01. The number of phenols is 1. The summed E-state index contributed by atoms with van der Waals surface area (Å²) in [4.78, 5) is 14.1. The summed E-state index contributed by atoms with van der Waals surface area (Å²) in [7, 11) is 0. The minimum Gasteiger partial charge on any atom is -0.506 e. The highest BCUT2D eigenvalue weighted by Crippen LogP contribution is 2.41. The van der Waals surface area contributed by atoms with Gasteiger partial charge < -0.3 is 10.1 Å². The second-order valence-corrected chi connectivity index (χ2v) is 13.6. The van der Waals surface area contributed by atoms with Crippen molar-refractivity contribution in [2.75, 3.05) is 0 Å². The number of rotatable bonds is 4. The van der Waals surface area contributed by atoms with Crippen LogP contribution < -0.4 is 0 Å². The zero-order chi connectivity index (χ0) is 32.4. The Kier molecular flexibility index (Phi) is 6.55. The predicted octanol–water partition coefficient (Wildman–Crippen LogP) is 10.7. The third-order valence-electron chi connectivity index (χ3n) is 9.09. The molecule has 0 aliphatic carbocycles. The molecule has 0 aliphatic heterocycles. The van der Waals surface area contributed by atoms with Gasteiger partial charge in [-0.05, 0) is 84.5 Å². The first-order chi connectivity index (χ1) is 22.7. The van der Waals surface area contributed by atoms with Gasteiger partial charge in [0.1, 0.15) is 17.1 Å². The second-order valence-electron chi connectivity index (χ2n) is 13.6. The lowest BCUT2D eigenvalue weighted by molar-refractivity contribution is 0.480. The summed E-state index contributed by atoms with van der Waals surface area (Å²) >= 11 is 0. The molecule has 5 heteroatoms. The summed E-state index contributed by atoms with van der Waals surface area (Å²) < 4.78 is 2.25. The Hall–Kier alpha value is -5.68. The maximum Gasteiger partial charge on any atom is 0.147 e. The van der Waals surface area contributed by atoms with Crippen molar-refractivity contribution in [1.82, 2.24) is 19.5 Å². The Labute approximate surface area is 274 Å². The van der Waals surface area contributed by atoms with Crippen LogP contribution in [0.2, 0.25) is 0 Å². The summed E-state index contributed by atoms with van der Waals surface area (Å²) in [5.41, 5.74) is 12.9. The number of phenolic OH excluding ortho intramolecular Hbond substituents is 1. The molecule has 230 valence electrons. The normalized spacial score (nSPS) is 12.0. The molecular formula is C42H36N4O. The maximum atomic E-state index is 11.1. The number of aromatic nitrogens is 4. The van der Waals surface area contributed by atoms with Gasteiger partial charge in [0.05, 0.1) is 22.2 Å². The maximum absolute atomic E-state index is 11.1. The highest BCUT2D eigenvalue weighted by Gasteiger charge is 2.24. The summed E-state index contributed by atoms with van der Waals surface area (Å²) in [6.07, 6.45) is 2.00. The van der Waals surface area contributed by atoms with E-state index in [0.29, 0.717) is 5.52 Å². The average molecular weight is 613 g/mol. The smallest absolute Gasteiger partial charge is 0.147 e. The van der Waals surface area contributed by atoms with Gasteiger partial charge in [0.2, 0.25) is 0 Å². The first-order valence-electron chi connectivity index (χ1n) is 16.1. The Morgan fingerprint density at radius 2 is 1.45 bits per heavy atom. The number of hydrogen-bond donors (Lipinski definition) is 2. The molecule has 5 nitrogen and oxygen atoms in total. The molecule has 3 heterocycles. The van der Waals surface area contributed by atoms with Crippen molar-refractivity contribution in [2.24, 2.45) is 0 Å². The van der Waals surface area contributed by atoms with Gasteiger partial charge in [-0.2, -0.15) is 0 Å². The molecule has 0 saturated heterocycles. The molecule has 0 atom stereocenters. The number of aromatic hydroxyl groups is 1. The zero-order valence-electron chi connectivity index (χ0n) is 27.3. The van der Waals surface area contributed by atoms with Gasteiger partial charge in [-0.15, -0.1) is 0 Å². The van der Waals surface area contributed by atoms with E-state index in [9.17, 15) is 5.11 Å². The lowest BCUT2D eigenvalue weighted by atomic mass is 9.85. The van der Waals surface area contributed by atoms with Crippen molar-refractivity contribution in [3.05, 3.63) is 132 Å². The van der Waals surface area contributed by atoms with Gasteiger partial charge in [0.25, 0.3) is 0 Å². The number of fused-ring (bicyclic) bond motifs is 3. The van der Waals surface area contributed by atoms with Crippen LogP contribution in [0.1, 0.15) is 37.5 Å². The molecule has 8 aromatic rings. The third kappa shape index (κ3) is 4.86. The van der Waals surface area contributed by atoms with Crippen molar-refractivity contribution < 1.29 is 5.11 Å². The molecular weight excluding hydrogens is 576 g/mol. The molecule has 0 amide bonds. The Bertz CT molecular complexity index is 2460. The predicted molar refractivity (Wildman–Crippen MR) is 194 cm³/mol. The van der Waals surface area contributed by atoms with Crippen molar-refractivity contribution in [3.63, 3.8) is 0 Å². The van der Waals surface area contributed by atoms with Crippen molar-refractivity contribution in [2.45, 2.75) is 40.0 Å². The fraction of sp³-hybridized carbons (Fsp3) is 0.143. The minimum atomic E-state index is -0.0451. The van der Waals surface area contributed by atoms with E-state index in [0.717, 1.165) is 66.8 Å². The highest BCUT2D eigenvalue weighted by atomic mass is 16.3. The Morgan fingerprint density at radius 3 is 2.21 bits per heavy atom. The number of benzene rings is 5. The summed E-state index contributed by atoms with van der Waals surface area (Å²) in [5, 5.41) is 13.1. The molecule has 0 spiro atoms. The van der Waals surface area contributed by atoms with E-state index in [1.807, 2.05) is 24.4 Å². The number of nitrogens with zero attached hydrogens (tertiary/aromatic N) is 3. The number of para-hydroxylation sites is 3. The summed E-state index contributed by atoms with van der Waals surface area (Å²) in [6.45, 7) is 11.0. The average Bonchev–Trinajstić information content (AvgIpc) is 3.69. The fourth-order valence-electron chi connectivity index (χ4n) is 6.85. The van der Waals surface area contributed by atoms with Crippen LogP contribution in [0, 0.1) is 13.8 Å². The van der Waals surface area contributed by atoms with Gasteiger partial charge in [0, 0.05) is 33.8 Å². The number of H-pyrrole nitrogens is 1. The number of aromatic amines is 1. The van der Waals surface area contributed by atoms with Crippen LogP contribution >= 0.6 is 0 Å².